The third-order valence-electron chi connectivity index (χ3n) is 5.82. The minimum Gasteiger partial charge on any atom is -0.365 e. The highest BCUT2D eigenvalue weighted by Crippen LogP contribution is 2.41. The maximum atomic E-state index is 13.4. The molecule has 0 N–H and O–H groups in total. The highest BCUT2D eigenvalue weighted by atomic mass is 79.9. The van der Waals surface area contributed by atoms with E-state index in [-0.39, 0.29) is 11.2 Å². The van der Waals surface area contributed by atoms with Crippen LogP contribution in [0.4, 0.5) is 0 Å². The number of aromatic nitrogens is 3. The van der Waals surface area contributed by atoms with Crippen LogP contribution in [0, 0.1) is 0 Å². The summed E-state index contributed by atoms with van der Waals surface area (Å²) in [5.74, 6) is 0. The van der Waals surface area contributed by atoms with Crippen LogP contribution >= 0.6 is 27.5 Å². The van der Waals surface area contributed by atoms with Gasteiger partial charge in [0, 0.05) is 35.7 Å². The molecule has 6 nitrogen and oxygen atoms in total. The van der Waals surface area contributed by atoms with E-state index in [4.69, 9.17) is 16.3 Å². The molecule has 0 fully saturated rings. The van der Waals surface area contributed by atoms with Crippen LogP contribution in [0.15, 0.2) is 62.6 Å². The predicted molar refractivity (Wildman–Crippen MR) is 125 cm³/mol. The third-order valence-corrected chi connectivity index (χ3v) is 6.57. The average Bonchev–Trinajstić information content (AvgIpc) is 3.12. The van der Waals surface area contributed by atoms with Gasteiger partial charge in [-0.1, -0.05) is 51.8 Å². The Morgan fingerprint density at radius 3 is 2.52 bits per heavy atom. The molecule has 1 atom stereocenters. The van der Waals surface area contributed by atoms with Gasteiger partial charge in [-0.25, -0.2) is 4.79 Å². The van der Waals surface area contributed by atoms with E-state index in [9.17, 15) is 9.59 Å². The van der Waals surface area contributed by atoms with Gasteiger partial charge in [0.05, 0.1) is 28.9 Å². The summed E-state index contributed by atoms with van der Waals surface area (Å²) in [6.45, 7) is 1.06. The molecule has 8 heteroatoms. The second-order valence-corrected chi connectivity index (χ2v) is 8.98. The van der Waals surface area contributed by atoms with Crippen molar-refractivity contribution in [3.05, 3.63) is 90.1 Å². The Kier molecular flexibility index (Phi) is 4.92. The van der Waals surface area contributed by atoms with Crippen LogP contribution in [-0.2, 0) is 25.4 Å². The summed E-state index contributed by atoms with van der Waals surface area (Å²) in [6.07, 6.45) is -0.424. The lowest BCUT2D eigenvalue weighted by Gasteiger charge is -2.27. The fourth-order valence-electron chi connectivity index (χ4n) is 4.41. The molecule has 0 radical (unpaired) electrons. The Labute approximate surface area is 191 Å². The first-order valence-electron chi connectivity index (χ1n) is 9.83. The number of fused-ring (bicyclic) bond motifs is 3. The van der Waals surface area contributed by atoms with E-state index in [0.717, 1.165) is 31.6 Å². The lowest BCUT2D eigenvalue weighted by molar-refractivity contribution is 0.0478. The highest BCUT2D eigenvalue weighted by Gasteiger charge is 2.33. The molecule has 31 heavy (non-hydrogen) atoms. The van der Waals surface area contributed by atoms with E-state index < -0.39 is 6.10 Å². The van der Waals surface area contributed by atoms with E-state index in [1.54, 1.807) is 11.6 Å². The first-order chi connectivity index (χ1) is 14.9. The SMILES string of the molecule is Cn1c(=O)c2c(-c3cccc(Br)c3)n3c(c2n(C)c1=O)[C@@H](c1ccc(Cl)cc1)OCC3. The normalized spacial score (nSPS) is 15.9. The molecule has 0 saturated carbocycles. The van der Waals surface area contributed by atoms with Gasteiger partial charge in [0.25, 0.3) is 5.56 Å². The largest absolute Gasteiger partial charge is 0.365 e. The lowest BCUT2D eigenvalue weighted by atomic mass is 10.0. The molecule has 5 rings (SSSR count). The van der Waals surface area contributed by atoms with Gasteiger partial charge < -0.3 is 9.30 Å². The number of nitrogens with zero attached hydrogens (tertiary/aromatic N) is 3. The highest BCUT2D eigenvalue weighted by molar-refractivity contribution is 9.10. The van der Waals surface area contributed by atoms with Crippen LogP contribution < -0.4 is 11.2 Å². The predicted octanol–water partition coefficient (Wildman–Crippen LogP) is 4.24. The Hall–Kier alpha value is -2.61. The molecule has 1 aliphatic rings. The molecule has 0 saturated heterocycles. The van der Waals surface area contributed by atoms with E-state index in [2.05, 4.69) is 20.5 Å². The second-order valence-electron chi connectivity index (χ2n) is 7.63. The zero-order valence-electron chi connectivity index (χ0n) is 16.9. The fourth-order valence-corrected chi connectivity index (χ4v) is 4.93. The lowest BCUT2D eigenvalue weighted by Crippen LogP contribution is -2.37. The number of rotatable bonds is 2. The molecule has 2 aromatic carbocycles. The van der Waals surface area contributed by atoms with Crippen molar-refractivity contribution in [3.8, 4) is 11.3 Å². The van der Waals surface area contributed by atoms with Crippen LogP contribution in [0.1, 0.15) is 17.4 Å². The van der Waals surface area contributed by atoms with E-state index >= 15 is 0 Å². The molecule has 158 valence electrons. The fraction of sp³-hybridized carbons (Fsp3) is 0.217. The monoisotopic (exact) mass is 499 g/mol. The first kappa shape index (κ1) is 20.3. The van der Waals surface area contributed by atoms with Crippen molar-refractivity contribution in [3.63, 3.8) is 0 Å². The maximum Gasteiger partial charge on any atom is 0.331 e. The molecule has 0 amide bonds. The number of benzene rings is 2. The summed E-state index contributed by atoms with van der Waals surface area (Å²) in [6, 6.07) is 15.3. The minimum absolute atomic E-state index is 0.315. The van der Waals surface area contributed by atoms with Gasteiger partial charge >= 0.3 is 5.69 Å². The summed E-state index contributed by atoms with van der Waals surface area (Å²) < 4.78 is 11.9. The summed E-state index contributed by atoms with van der Waals surface area (Å²) in [5.41, 5.74) is 3.33. The molecule has 0 spiro atoms. The van der Waals surface area contributed by atoms with Gasteiger partial charge in [-0.2, -0.15) is 0 Å². The first-order valence-corrected chi connectivity index (χ1v) is 11.0. The quantitative estimate of drug-likeness (QED) is 0.414. The van der Waals surface area contributed by atoms with Crippen molar-refractivity contribution in [1.82, 2.24) is 13.7 Å². The van der Waals surface area contributed by atoms with E-state index in [1.807, 2.05) is 48.5 Å². The van der Waals surface area contributed by atoms with Gasteiger partial charge in [-0.05, 0) is 29.8 Å². The van der Waals surface area contributed by atoms with Gasteiger partial charge in [0.2, 0.25) is 0 Å². The number of hydrogen-bond acceptors (Lipinski definition) is 3. The van der Waals surface area contributed by atoms with Crippen molar-refractivity contribution in [1.29, 1.82) is 0 Å². The Bertz CT molecular complexity index is 1450. The number of ether oxygens (including phenoxy) is 1. The van der Waals surface area contributed by atoms with Crippen LogP contribution in [0.25, 0.3) is 22.2 Å². The zero-order chi connectivity index (χ0) is 21.9. The smallest absolute Gasteiger partial charge is 0.331 e. The van der Waals surface area contributed by atoms with Gasteiger partial charge in [-0.15, -0.1) is 0 Å². The second kappa shape index (κ2) is 7.51. The Balaban J connectivity index is 1.94. The van der Waals surface area contributed by atoms with Crippen LogP contribution in [0.2, 0.25) is 5.02 Å². The van der Waals surface area contributed by atoms with E-state index in [1.165, 1.54) is 7.05 Å². The maximum absolute atomic E-state index is 13.4. The van der Waals surface area contributed by atoms with Crippen molar-refractivity contribution in [2.24, 2.45) is 14.1 Å². The Morgan fingerprint density at radius 1 is 1.06 bits per heavy atom. The minimum atomic E-state index is -0.424. The number of aryl methyl sites for hydroxylation is 1. The summed E-state index contributed by atoms with van der Waals surface area (Å²) in [4.78, 5) is 26.2. The zero-order valence-corrected chi connectivity index (χ0v) is 19.3. The van der Waals surface area contributed by atoms with Crippen molar-refractivity contribution < 1.29 is 4.74 Å². The van der Waals surface area contributed by atoms with Crippen molar-refractivity contribution >= 4 is 38.4 Å². The molecular formula is C23H19BrClN3O3. The van der Waals surface area contributed by atoms with Crippen molar-refractivity contribution in [2.45, 2.75) is 12.6 Å². The standard InChI is InChI=1S/C23H19BrClN3O3/c1-26-19-17(22(29)27(2)23(26)30)18(14-4-3-5-15(24)12-14)28-10-11-31-21(20(19)28)13-6-8-16(25)9-7-13/h3-9,12,21H,10-11H2,1-2H3/t21-/m1/s1. The summed E-state index contributed by atoms with van der Waals surface area (Å²) >= 11 is 9.63. The topological polar surface area (TPSA) is 58.2 Å². The van der Waals surface area contributed by atoms with Gasteiger partial charge in [0.1, 0.15) is 6.10 Å². The molecule has 2 aromatic heterocycles. The molecule has 1 aliphatic heterocycles. The van der Waals surface area contributed by atoms with Crippen LogP contribution in [0.5, 0.6) is 0 Å². The van der Waals surface area contributed by atoms with Gasteiger partial charge in [-0.3, -0.25) is 13.9 Å². The Morgan fingerprint density at radius 2 is 1.81 bits per heavy atom. The molecule has 0 aliphatic carbocycles. The molecule has 3 heterocycles. The number of halogens is 2. The molecule has 0 unspecified atom stereocenters. The van der Waals surface area contributed by atoms with Crippen LogP contribution in [-0.4, -0.2) is 20.3 Å². The number of hydrogen-bond donors (Lipinski definition) is 0. The summed E-state index contributed by atoms with van der Waals surface area (Å²) in [5, 5.41) is 1.15. The molecular weight excluding hydrogens is 482 g/mol. The van der Waals surface area contributed by atoms with Gasteiger partial charge in [0.15, 0.2) is 0 Å². The molecule has 0 bridgehead atoms. The van der Waals surface area contributed by atoms with E-state index in [0.29, 0.717) is 29.1 Å². The third kappa shape index (κ3) is 3.11. The average molecular weight is 501 g/mol. The van der Waals surface area contributed by atoms with Crippen LogP contribution in [0.3, 0.4) is 0 Å². The summed E-state index contributed by atoms with van der Waals surface area (Å²) in [7, 11) is 3.21. The van der Waals surface area contributed by atoms with Crippen molar-refractivity contribution in [2.75, 3.05) is 6.61 Å². The molecule has 4 aromatic rings.